The van der Waals surface area contributed by atoms with E-state index in [1.807, 2.05) is 0 Å². The fourth-order valence-corrected chi connectivity index (χ4v) is 0. The standard InChI is InChI=1S/C3H8O.C3H6O.C3H8/c2*1-3(2)4;1-3-2/h3-4H,1-2H3;1-2H3;3H2,1-2H3. The van der Waals surface area contributed by atoms with Crippen molar-refractivity contribution in [3.05, 3.63) is 0 Å². The summed E-state index contributed by atoms with van der Waals surface area (Å²) in [4.78, 5) is 9.44. The lowest BCUT2D eigenvalue weighted by Gasteiger charge is -1.80. The maximum absolute atomic E-state index is 9.44. The summed E-state index contributed by atoms with van der Waals surface area (Å²) in [6.07, 6.45) is 1.08. The summed E-state index contributed by atoms with van der Waals surface area (Å²) < 4.78 is 0. The van der Waals surface area contributed by atoms with E-state index in [1.54, 1.807) is 13.8 Å². The predicted molar refractivity (Wildman–Crippen MR) is 49.7 cm³/mol. The van der Waals surface area contributed by atoms with Crippen molar-refractivity contribution in [1.82, 2.24) is 0 Å². The minimum atomic E-state index is -0.167. The highest BCUT2D eigenvalue weighted by atomic mass is 16.3. The van der Waals surface area contributed by atoms with Crippen molar-refractivity contribution in [2.45, 2.75) is 54.1 Å². The molecule has 0 spiro atoms. The van der Waals surface area contributed by atoms with Crippen LogP contribution < -0.4 is 0 Å². The van der Waals surface area contributed by atoms with Crippen LogP contribution >= 0.6 is 0 Å². The first-order valence-electron chi connectivity index (χ1n) is 4.03. The van der Waals surface area contributed by atoms with Crippen molar-refractivity contribution in [3.63, 3.8) is 0 Å². The largest absolute Gasteiger partial charge is 0.394 e. The molecule has 0 saturated heterocycles. The SMILES string of the molecule is CC(C)=O.CC(C)O.CCC. The number of ketones is 1. The average Bonchev–Trinajstić information content (AvgIpc) is 1.60. The first-order valence-corrected chi connectivity index (χ1v) is 4.03. The Hall–Kier alpha value is -0.370. The lowest BCUT2D eigenvalue weighted by molar-refractivity contribution is -0.114. The van der Waals surface area contributed by atoms with Gasteiger partial charge in [0.2, 0.25) is 0 Å². The molecule has 0 aliphatic rings. The van der Waals surface area contributed by atoms with Gasteiger partial charge in [0, 0.05) is 6.10 Å². The Balaban J connectivity index is -0.0000000886. The van der Waals surface area contributed by atoms with E-state index >= 15 is 0 Å². The van der Waals surface area contributed by atoms with Crippen LogP contribution in [0.3, 0.4) is 0 Å². The molecule has 0 aliphatic heterocycles. The van der Waals surface area contributed by atoms with Gasteiger partial charge in [-0.05, 0) is 27.7 Å². The molecule has 0 bridgehead atoms. The van der Waals surface area contributed by atoms with E-state index in [2.05, 4.69) is 13.8 Å². The predicted octanol–water partition coefficient (Wildman–Crippen LogP) is 2.40. The second-order valence-corrected chi connectivity index (χ2v) is 2.71. The molecule has 0 aromatic heterocycles. The van der Waals surface area contributed by atoms with Crippen molar-refractivity contribution in [2.75, 3.05) is 0 Å². The van der Waals surface area contributed by atoms with Gasteiger partial charge in [0.25, 0.3) is 0 Å². The summed E-state index contributed by atoms with van der Waals surface area (Å²) in [7, 11) is 0. The minimum absolute atomic E-state index is 0.167. The van der Waals surface area contributed by atoms with E-state index in [0.29, 0.717) is 0 Å². The van der Waals surface area contributed by atoms with Crippen LogP contribution in [-0.2, 0) is 4.79 Å². The molecular weight excluding hydrogens is 140 g/mol. The molecule has 2 heteroatoms. The van der Waals surface area contributed by atoms with Crippen LogP contribution in [0.2, 0.25) is 0 Å². The van der Waals surface area contributed by atoms with E-state index in [-0.39, 0.29) is 11.9 Å². The number of aliphatic hydroxyl groups is 1. The summed E-state index contributed by atoms with van der Waals surface area (Å²) >= 11 is 0. The molecule has 0 aromatic rings. The lowest BCUT2D eigenvalue weighted by atomic mass is 10.5. The Bertz CT molecular complexity index is 61.2. The van der Waals surface area contributed by atoms with Gasteiger partial charge in [-0.15, -0.1) is 0 Å². The zero-order valence-electron chi connectivity index (χ0n) is 8.64. The van der Waals surface area contributed by atoms with Gasteiger partial charge in [0.15, 0.2) is 0 Å². The van der Waals surface area contributed by atoms with Crippen LogP contribution in [0.15, 0.2) is 0 Å². The molecule has 0 fully saturated rings. The number of hydrogen-bond acceptors (Lipinski definition) is 2. The average molecular weight is 162 g/mol. The normalized spacial score (nSPS) is 7.27. The smallest absolute Gasteiger partial charge is 0.126 e. The van der Waals surface area contributed by atoms with Crippen LogP contribution in [0.25, 0.3) is 0 Å². The van der Waals surface area contributed by atoms with Crippen LogP contribution in [-0.4, -0.2) is 17.0 Å². The lowest BCUT2D eigenvalue weighted by Crippen LogP contribution is -1.85. The fraction of sp³-hybridized carbons (Fsp3) is 0.889. The maximum atomic E-state index is 9.44. The van der Waals surface area contributed by atoms with E-state index in [1.165, 1.54) is 20.3 Å². The molecule has 0 atom stereocenters. The van der Waals surface area contributed by atoms with Gasteiger partial charge in [-0.25, -0.2) is 0 Å². The Kier molecular flexibility index (Phi) is 25.1. The second-order valence-electron chi connectivity index (χ2n) is 2.71. The van der Waals surface area contributed by atoms with E-state index in [0.717, 1.165) is 0 Å². The molecule has 0 aliphatic carbocycles. The van der Waals surface area contributed by atoms with Gasteiger partial charge >= 0.3 is 0 Å². The molecule has 0 amide bonds. The molecule has 11 heavy (non-hydrogen) atoms. The Morgan fingerprint density at radius 3 is 1.27 bits per heavy atom. The Morgan fingerprint density at radius 2 is 1.27 bits per heavy atom. The zero-order chi connectivity index (χ0) is 9.86. The molecule has 0 saturated carbocycles. The van der Waals surface area contributed by atoms with Crippen molar-refractivity contribution in [1.29, 1.82) is 0 Å². The highest BCUT2D eigenvalue weighted by molar-refractivity contribution is 5.72. The van der Waals surface area contributed by atoms with E-state index in [9.17, 15) is 4.79 Å². The number of carbonyl (C=O) groups excluding carboxylic acids is 1. The third-order valence-electron chi connectivity index (χ3n) is 0. The van der Waals surface area contributed by atoms with Crippen LogP contribution in [0.5, 0.6) is 0 Å². The monoisotopic (exact) mass is 162 g/mol. The van der Waals surface area contributed by atoms with Crippen LogP contribution in [0.1, 0.15) is 48.0 Å². The zero-order valence-corrected chi connectivity index (χ0v) is 8.64. The quantitative estimate of drug-likeness (QED) is 0.594. The molecule has 1 N–H and O–H groups in total. The van der Waals surface area contributed by atoms with Crippen LogP contribution in [0.4, 0.5) is 0 Å². The topological polar surface area (TPSA) is 37.3 Å². The highest BCUT2D eigenvalue weighted by Gasteiger charge is 1.69. The number of Topliss-reactive ketones (excluding diaryl/α,β-unsaturated/α-hetero) is 1. The molecular formula is C9H22O2. The molecule has 0 rings (SSSR count). The summed E-state index contributed by atoms with van der Waals surface area (Å²) in [5.74, 6) is 0.167. The van der Waals surface area contributed by atoms with Crippen molar-refractivity contribution in [2.24, 2.45) is 0 Å². The number of carbonyl (C=O) groups is 1. The number of rotatable bonds is 0. The number of aliphatic hydroxyl groups excluding tert-OH is 1. The third-order valence-corrected chi connectivity index (χ3v) is 0. The summed E-state index contributed by atoms with van der Waals surface area (Å²) in [6.45, 7) is 10.8. The fourth-order valence-electron chi connectivity index (χ4n) is 0. The van der Waals surface area contributed by atoms with Crippen molar-refractivity contribution < 1.29 is 9.90 Å². The van der Waals surface area contributed by atoms with Crippen molar-refractivity contribution in [3.8, 4) is 0 Å². The molecule has 0 aromatic carbocycles. The van der Waals surface area contributed by atoms with Crippen LogP contribution in [0, 0.1) is 0 Å². The van der Waals surface area contributed by atoms with Gasteiger partial charge in [0.1, 0.15) is 5.78 Å². The second kappa shape index (κ2) is 16.3. The Morgan fingerprint density at radius 1 is 1.27 bits per heavy atom. The van der Waals surface area contributed by atoms with E-state index < -0.39 is 0 Å². The van der Waals surface area contributed by atoms with Gasteiger partial charge in [0.05, 0.1) is 0 Å². The first kappa shape index (κ1) is 16.9. The highest BCUT2D eigenvalue weighted by Crippen LogP contribution is 1.65. The summed E-state index contributed by atoms with van der Waals surface area (Å²) in [5, 5.41) is 8.06. The summed E-state index contributed by atoms with van der Waals surface area (Å²) in [6, 6.07) is 0. The van der Waals surface area contributed by atoms with Gasteiger partial charge in [-0.2, -0.15) is 0 Å². The van der Waals surface area contributed by atoms with Gasteiger partial charge in [-0.1, -0.05) is 20.3 Å². The minimum Gasteiger partial charge on any atom is -0.394 e. The molecule has 70 valence electrons. The third kappa shape index (κ3) is 4100. The molecule has 0 radical (unpaired) electrons. The Labute approximate surface area is 70.6 Å². The first-order chi connectivity index (χ1) is 4.88. The summed E-state index contributed by atoms with van der Waals surface area (Å²) in [5.41, 5.74) is 0. The molecule has 0 unspecified atom stereocenters. The van der Waals surface area contributed by atoms with E-state index in [4.69, 9.17) is 5.11 Å². The number of hydrogen-bond donors (Lipinski definition) is 1. The molecule has 2 nitrogen and oxygen atoms in total. The maximum Gasteiger partial charge on any atom is 0.126 e. The molecule has 0 heterocycles. The van der Waals surface area contributed by atoms with Gasteiger partial charge < -0.3 is 9.90 Å². The van der Waals surface area contributed by atoms with Crippen molar-refractivity contribution >= 4 is 5.78 Å². The van der Waals surface area contributed by atoms with Gasteiger partial charge in [-0.3, -0.25) is 0 Å².